The van der Waals surface area contributed by atoms with Gasteiger partial charge in [0.25, 0.3) is 0 Å². The van der Waals surface area contributed by atoms with Crippen molar-refractivity contribution >= 4 is 0 Å². The smallest absolute Gasteiger partial charge is 0.0930 e. The largest absolute Gasteiger partial charge is 0.401 e. The molecule has 1 fully saturated rings. The van der Waals surface area contributed by atoms with Gasteiger partial charge in [0.05, 0.1) is 6.07 Å². The predicted molar refractivity (Wildman–Crippen MR) is 44.5 cm³/mol. The van der Waals surface area contributed by atoms with Crippen molar-refractivity contribution in [3.05, 3.63) is 11.8 Å². The predicted octanol–water partition coefficient (Wildman–Crippen LogP) is 1.93. The van der Waals surface area contributed by atoms with Gasteiger partial charge < -0.3 is 5.73 Å². The average Bonchev–Trinajstić information content (AvgIpc) is 2.07. The second-order valence-electron chi connectivity index (χ2n) is 3.11. The molecule has 0 bridgehead atoms. The van der Waals surface area contributed by atoms with Crippen LogP contribution in [0.5, 0.6) is 0 Å². The Bertz CT molecular complexity index is 182. The molecule has 60 valence electrons. The maximum Gasteiger partial charge on any atom is 0.0930 e. The number of rotatable bonds is 1. The number of hydrogen-bond donors (Lipinski definition) is 1. The van der Waals surface area contributed by atoms with Crippen molar-refractivity contribution < 1.29 is 0 Å². The molecule has 0 atom stereocenters. The van der Waals surface area contributed by atoms with E-state index in [9.17, 15) is 0 Å². The van der Waals surface area contributed by atoms with Crippen molar-refractivity contribution in [3.8, 4) is 6.07 Å². The Hall–Kier alpha value is -0.970. The van der Waals surface area contributed by atoms with Gasteiger partial charge in [-0.15, -0.1) is 0 Å². The van der Waals surface area contributed by atoms with E-state index in [2.05, 4.69) is 0 Å². The Morgan fingerprint density at radius 2 is 2.00 bits per heavy atom. The van der Waals surface area contributed by atoms with Crippen molar-refractivity contribution in [2.45, 2.75) is 32.1 Å². The molecular formula is C9H14N2. The van der Waals surface area contributed by atoms with Crippen molar-refractivity contribution in [2.75, 3.05) is 0 Å². The Morgan fingerprint density at radius 3 is 2.55 bits per heavy atom. The third kappa shape index (κ3) is 2.27. The molecule has 0 amide bonds. The van der Waals surface area contributed by atoms with E-state index in [0.29, 0.717) is 5.92 Å². The quantitative estimate of drug-likeness (QED) is 0.581. The molecule has 0 radical (unpaired) electrons. The fourth-order valence-corrected chi connectivity index (χ4v) is 1.63. The Labute approximate surface area is 67.7 Å². The SMILES string of the molecule is N#CC=C(N)C1CCCCC1. The maximum atomic E-state index is 8.36. The minimum absolute atomic E-state index is 0.489. The molecule has 0 spiro atoms. The summed E-state index contributed by atoms with van der Waals surface area (Å²) < 4.78 is 0. The zero-order valence-electron chi connectivity index (χ0n) is 6.71. The van der Waals surface area contributed by atoms with Crippen molar-refractivity contribution in [1.82, 2.24) is 0 Å². The summed E-state index contributed by atoms with van der Waals surface area (Å²) in [5, 5.41) is 8.36. The molecule has 2 nitrogen and oxygen atoms in total. The first kappa shape index (κ1) is 8.13. The third-order valence-corrected chi connectivity index (χ3v) is 2.31. The molecule has 1 aliphatic rings. The van der Waals surface area contributed by atoms with E-state index in [1.807, 2.05) is 6.07 Å². The highest BCUT2D eigenvalue weighted by atomic mass is 14.6. The van der Waals surface area contributed by atoms with Gasteiger partial charge >= 0.3 is 0 Å². The summed E-state index contributed by atoms with van der Waals surface area (Å²) in [5.41, 5.74) is 6.48. The Morgan fingerprint density at radius 1 is 1.36 bits per heavy atom. The summed E-state index contributed by atoms with van der Waals surface area (Å²) in [5.74, 6) is 0.489. The van der Waals surface area contributed by atoms with Gasteiger partial charge in [-0.25, -0.2) is 0 Å². The number of nitrogens with zero attached hydrogens (tertiary/aromatic N) is 1. The van der Waals surface area contributed by atoms with Crippen LogP contribution in [-0.4, -0.2) is 0 Å². The van der Waals surface area contributed by atoms with Crippen LogP contribution in [0, 0.1) is 17.2 Å². The van der Waals surface area contributed by atoms with E-state index in [1.54, 1.807) is 0 Å². The molecule has 0 aliphatic heterocycles. The van der Waals surface area contributed by atoms with Crippen LogP contribution in [0.3, 0.4) is 0 Å². The van der Waals surface area contributed by atoms with Gasteiger partial charge in [0.2, 0.25) is 0 Å². The van der Waals surface area contributed by atoms with Crippen LogP contribution in [0.4, 0.5) is 0 Å². The van der Waals surface area contributed by atoms with Crippen LogP contribution in [0.1, 0.15) is 32.1 Å². The van der Waals surface area contributed by atoms with Crippen LogP contribution in [0.2, 0.25) is 0 Å². The van der Waals surface area contributed by atoms with Crippen LogP contribution in [0.15, 0.2) is 11.8 Å². The highest BCUT2D eigenvalue weighted by molar-refractivity contribution is 5.13. The molecule has 0 aromatic rings. The summed E-state index contributed by atoms with van der Waals surface area (Å²) in [6, 6.07) is 1.98. The number of nitriles is 1. The van der Waals surface area contributed by atoms with E-state index in [4.69, 9.17) is 11.0 Å². The van der Waals surface area contributed by atoms with E-state index in [-0.39, 0.29) is 0 Å². The fourth-order valence-electron chi connectivity index (χ4n) is 1.63. The molecule has 2 N–H and O–H groups in total. The van der Waals surface area contributed by atoms with Crippen molar-refractivity contribution in [3.63, 3.8) is 0 Å². The number of allylic oxidation sites excluding steroid dienone is 2. The normalized spacial score (nSPS) is 21.2. The molecular weight excluding hydrogens is 136 g/mol. The number of hydrogen-bond acceptors (Lipinski definition) is 2. The van der Waals surface area contributed by atoms with Gasteiger partial charge in [0.1, 0.15) is 0 Å². The number of nitrogens with two attached hydrogens (primary N) is 1. The van der Waals surface area contributed by atoms with E-state index < -0.39 is 0 Å². The summed E-state index contributed by atoms with van der Waals surface area (Å²) >= 11 is 0. The summed E-state index contributed by atoms with van der Waals surface area (Å²) in [6.45, 7) is 0. The lowest BCUT2D eigenvalue weighted by Gasteiger charge is -2.21. The molecule has 0 unspecified atom stereocenters. The Kier molecular flexibility index (Phi) is 2.97. The van der Waals surface area contributed by atoms with Gasteiger partial charge in [0, 0.05) is 11.8 Å². The molecule has 0 saturated heterocycles. The first-order chi connectivity index (χ1) is 5.34. The van der Waals surface area contributed by atoms with Gasteiger partial charge in [-0.3, -0.25) is 0 Å². The van der Waals surface area contributed by atoms with Crippen LogP contribution < -0.4 is 5.73 Å². The monoisotopic (exact) mass is 150 g/mol. The first-order valence-corrected chi connectivity index (χ1v) is 4.19. The fraction of sp³-hybridized carbons (Fsp3) is 0.667. The van der Waals surface area contributed by atoms with Crippen molar-refractivity contribution in [2.24, 2.45) is 11.7 Å². The highest BCUT2D eigenvalue weighted by Gasteiger charge is 2.14. The van der Waals surface area contributed by atoms with E-state index >= 15 is 0 Å². The van der Waals surface area contributed by atoms with Gasteiger partial charge in [0.15, 0.2) is 0 Å². The third-order valence-electron chi connectivity index (χ3n) is 2.31. The zero-order valence-corrected chi connectivity index (χ0v) is 6.71. The topological polar surface area (TPSA) is 49.8 Å². The molecule has 0 aromatic heterocycles. The van der Waals surface area contributed by atoms with Crippen LogP contribution in [0.25, 0.3) is 0 Å². The zero-order chi connectivity index (χ0) is 8.10. The minimum atomic E-state index is 0.489. The molecule has 2 heteroatoms. The molecule has 0 heterocycles. The van der Waals surface area contributed by atoms with E-state index in [1.165, 1.54) is 38.2 Å². The van der Waals surface area contributed by atoms with Gasteiger partial charge in [-0.05, 0) is 18.8 Å². The van der Waals surface area contributed by atoms with E-state index in [0.717, 1.165) is 5.70 Å². The lowest BCUT2D eigenvalue weighted by atomic mass is 9.87. The minimum Gasteiger partial charge on any atom is -0.401 e. The molecule has 11 heavy (non-hydrogen) atoms. The molecule has 1 saturated carbocycles. The first-order valence-electron chi connectivity index (χ1n) is 4.19. The standard InChI is InChI=1S/C9H14N2/c10-7-6-9(11)8-4-2-1-3-5-8/h6,8H,1-5,11H2. The summed E-state index contributed by atoms with van der Waals surface area (Å²) in [4.78, 5) is 0. The molecule has 1 aliphatic carbocycles. The molecule has 1 rings (SSSR count). The Balaban J connectivity index is 2.46. The lowest BCUT2D eigenvalue weighted by Crippen LogP contribution is -2.14. The van der Waals surface area contributed by atoms with Gasteiger partial charge in [-0.2, -0.15) is 5.26 Å². The lowest BCUT2D eigenvalue weighted by molar-refractivity contribution is 0.400. The average molecular weight is 150 g/mol. The van der Waals surface area contributed by atoms with Crippen molar-refractivity contribution in [1.29, 1.82) is 5.26 Å². The maximum absolute atomic E-state index is 8.36. The second-order valence-corrected chi connectivity index (χ2v) is 3.11. The summed E-state index contributed by atoms with van der Waals surface area (Å²) in [7, 11) is 0. The highest BCUT2D eigenvalue weighted by Crippen LogP contribution is 2.26. The van der Waals surface area contributed by atoms with Gasteiger partial charge in [-0.1, -0.05) is 19.3 Å². The van der Waals surface area contributed by atoms with Crippen LogP contribution >= 0.6 is 0 Å². The van der Waals surface area contributed by atoms with Crippen LogP contribution in [-0.2, 0) is 0 Å². The summed E-state index contributed by atoms with van der Waals surface area (Å²) in [6.07, 6.45) is 7.69. The second kappa shape index (κ2) is 4.02. The molecule has 0 aromatic carbocycles.